The van der Waals surface area contributed by atoms with Gasteiger partial charge in [0, 0.05) is 22.7 Å². The fourth-order valence-electron chi connectivity index (χ4n) is 5.25. The van der Waals surface area contributed by atoms with Crippen molar-refractivity contribution in [2.24, 2.45) is 0 Å². The van der Waals surface area contributed by atoms with Gasteiger partial charge in [-0.25, -0.2) is 0 Å². The van der Waals surface area contributed by atoms with Crippen molar-refractivity contribution in [3.05, 3.63) is 118 Å². The monoisotopic (exact) mass is 450 g/mol. The SMILES string of the molecule is O=C1CC(c2ccccc2Cl)CC2=C1C(c1cccc3ccccc13)Nc1ccccc1N2. The topological polar surface area (TPSA) is 41.1 Å². The Kier molecular flexibility index (Phi) is 4.92. The summed E-state index contributed by atoms with van der Waals surface area (Å²) < 4.78 is 0. The highest BCUT2D eigenvalue weighted by molar-refractivity contribution is 6.31. The van der Waals surface area contributed by atoms with Crippen molar-refractivity contribution < 1.29 is 4.79 Å². The van der Waals surface area contributed by atoms with Gasteiger partial charge in [0.25, 0.3) is 0 Å². The number of nitrogens with one attached hydrogen (secondary N) is 2. The molecule has 2 aliphatic rings. The Morgan fingerprint density at radius 3 is 2.30 bits per heavy atom. The number of para-hydroxylation sites is 2. The van der Waals surface area contributed by atoms with Gasteiger partial charge in [-0.05, 0) is 52.4 Å². The van der Waals surface area contributed by atoms with Gasteiger partial charge >= 0.3 is 0 Å². The molecule has 0 fully saturated rings. The summed E-state index contributed by atoms with van der Waals surface area (Å²) in [5.41, 5.74) is 5.93. The lowest BCUT2D eigenvalue weighted by atomic mass is 9.78. The third-order valence-electron chi connectivity index (χ3n) is 6.79. The molecule has 2 N–H and O–H groups in total. The Labute approximate surface area is 198 Å². The number of anilines is 2. The highest BCUT2D eigenvalue weighted by Crippen LogP contribution is 2.46. The minimum Gasteiger partial charge on any atom is -0.372 e. The van der Waals surface area contributed by atoms with Crippen LogP contribution < -0.4 is 10.6 Å². The minimum atomic E-state index is -0.234. The third kappa shape index (κ3) is 3.49. The summed E-state index contributed by atoms with van der Waals surface area (Å²) in [6.45, 7) is 0. The summed E-state index contributed by atoms with van der Waals surface area (Å²) in [7, 11) is 0. The van der Waals surface area contributed by atoms with Crippen molar-refractivity contribution in [2.45, 2.75) is 24.8 Å². The van der Waals surface area contributed by atoms with Gasteiger partial charge in [0.05, 0.1) is 17.4 Å². The van der Waals surface area contributed by atoms with Crippen molar-refractivity contribution in [1.29, 1.82) is 0 Å². The maximum Gasteiger partial charge on any atom is 0.163 e. The predicted molar refractivity (Wildman–Crippen MR) is 136 cm³/mol. The molecule has 0 saturated heterocycles. The number of fused-ring (bicyclic) bond motifs is 2. The maximum atomic E-state index is 13.8. The zero-order valence-electron chi connectivity index (χ0n) is 18.0. The van der Waals surface area contributed by atoms with Crippen molar-refractivity contribution in [3.8, 4) is 0 Å². The summed E-state index contributed by atoms with van der Waals surface area (Å²) >= 11 is 6.52. The van der Waals surface area contributed by atoms with Crippen LogP contribution in [0.4, 0.5) is 11.4 Å². The van der Waals surface area contributed by atoms with Gasteiger partial charge in [-0.3, -0.25) is 4.79 Å². The summed E-state index contributed by atoms with van der Waals surface area (Å²) in [6.07, 6.45) is 1.19. The fourth-order valence-corrected chi connectivity index (χ4v) is 5.54. The van der Waals surface area contributed by atoms with E-state index in [1.807, 2.05) is 42.5 Å². The van der Waals surface area contributed by atoms with E-state index in [0.29, 0.717) is 6.42 Å². The Hall–Kier alpha value is -3.56. The largest absolute Gasteiger partial charge is 0.372 e. The molecule has 3 nitrogen and oxygen atoms in total. The van der Waals surface area contributed by atoms with Gasteiger partial charge in [-0.2, -0.15) is 0 Å². The molecule has 0 radical (unpaired) electrons. The van der Waals surface area contributed by atoms with E-state index in [9.17, 15) is 4.79 Å². The van der Waals surface area contributed by atoms with Gasteiger partial charge in [0.15, 0.2) is 5.78 Å². The number of hydrogen-bond donors (Lipinski definition) is 2. The highest BCUT2D eigenvalue weighted by Gasteiger charge is 2.36. The lowest BCUT2D eigenvalue weighted by Crippen LogP contribution is -2.27. The molecule has 4 aromatic rings. The molecule has 162 valence electrons. The quantitative estimate of drug-likeness (QED) is 0.332. The molecule has 33 heavy (non-hydrogen) atoms. The van der Waals surface area contributed by atoms with E-state index < -0.39 is 0 Å². The first-order valence-corrected chi connectivity index (χ1v) is 11.7. The van der Waals surface area contributed by atoms with E-state index >= 15 is 0 Å². The lowest BCUT2D eigenvalue weighted by molar-refractivity contribution is -0.116. The van der Waals surface area contributed by atoms with E-state index in [1.54, 1.807) is 0 Å². The number of rotatable bonds is 2. The highest BCUT2D eigenvalue weighted by atomic mass is 35.5. The molecular formula is C29H23ClN2O. The molecule has 0 saturated carbocycles. The molecule has 1 heterocycles. The van der Waals surface area contributed by atoms with Crippen LogP contribution in [0.3, 0.4) is 0 Å². The van der Waals surface area contributed by atoms with Crippen LogP contribution in [0.25, 0.3) is 10.8 Å². The van der Waals surface area contributed by atoms with Gasteiger partial charge in [-0.1, -0.05) is 84.4 Å². The first-order valence-electron chi connectivity index (χ1n) is 11.3. The van der Waals surface area contributed by atoms with Gasteiger partial charge in [-0.15, -0.1) is 0 Å². The van der Waals surface area contributed by atoms with Crippen LogP contribution in [0.5, 0.6) is 0 Å². The van der Waals surface area contributed by atoms with Gasteiger partial charge in [0.2, 0.25) is 0 Å². The number of Topliss-reactive ketones (excluding diaryl/α,β-unsaturated/α-hetero) is 1. The second-order valence-electron chi connectivity index (χ2n) is 8.76. The maximum absolute atomic E-state index is 13.8. The van der Waals surface area contributed by atoms with Crippen LogP contribution in [0.15, 0.2) is 102 Å². The van der Waals surface area contributed by atoms with E-state index in [4.69, 9.17) is 11.6 Å². The Morgan fingerprint density at radius 1 is 0.727 bits per heavy atom. The van der Waals surface area contributed by atoms with Crippen molar-refractivity contribution >= 4 is 39.5 Å². The summed E-state index contributed by atoms with van der Waals surface area (Å²) in [4.78, 5) is 13.8. The van der Waals surface area contributed by atoms with E-state index in [2.05, 4.69) is 59.2 Å². The molecule has 1 aliphatic heterocycles. The van der Waals surface area contributed by atoms with Crippen LogP contribution >= 0.6 is 11.6 Å². The summed E-state index contributed by atoms with van der Waals surface area (Å²) in [6, 6.07) is 30.5. The lowest BCUT2D eigenvalue weighted by Gasteiger charge is -2.30. The van der Waals surface area contributed by atoms with Crippen LogP contribution in [-0.2, 0) is 4.79 Å². The number of ketones is 1. The van der Waals surface area contributed by atoms with Gasteiger partial charge < -0.3 is 10.6 Å². The third-order valence-corrected chi connectivity index (χ3v) is 7.13. The number of allylic oxidation sites excluding steroid dienone is 1. The van der Waals surface area contributed by atoms with Crippen molar-refractivity contribution in [1.82, 2.24) is 0 Å². The molecule has 4 aromatic carbocycles. The summed E-state index contributed by atoms with van der Waals surface area (Å²) in [5.74, 6) is 0.211. The van der Waals surface area contributed by atoms with E-state index in [-0.39, 0.29) is 17.7 Å². The molecule has 0 bridgehead atoms. The standard InChI is InChI=1S/C29H23ClN2O/c30-23-13-4-3-11-21(23)19-16-26-28(27(33)17-19)29(32-25-15-6-5-14-24(25)31-26)22-12-7-9-18-8-1-2-10-20(18)22/h1-15,19,29,31-32H,16-17H2. The van der Waals surface area contributed by atoms with Crippen molar-refractivity contribution in [2.75, 3.05) is 10.6 Å². The zero-order chi connectivity index (χ0) is 22.4. The first kappa shape index (κ1) is 20.1. The molecule has 0 spiro atoms. The molecule has 6 rings (SSSR count). The average Bonchev–Trinajstić information content (AvgIpc) is 3.01. The van der Waals surface area contributed by atoms with Crippen LogP contribution in [0, 0.1) is 0 Å². The smallest absolute Gasteiger partial charge is 0.163 e. The number of hydrogen-bond acceptors (Lipinski definition) is 3. The summed E-state index contributed by atoms with van der Waals surface area (Å²) in [5, 5.41) is 10.4. The second-order valence-corrected chi connectivity index (χ2v) is 9.17. The van der Waals surface area contributed by atoms with Crippen LogP contribution in [0.1, 0.15) is 35.9 Å². The Balaban J connectivity index is 1.53. The number of carbonyl (C=O) groups is 1. The molecular weight excluding hydrogens is 428 g/mol. The number of carbonyl (C=O) groups excluding carboxylic acids is 1. The van der Waals surface area contributed by atoms with E-state index in [1.165, 1.54) is 5.39 Å². The van der Waals surface area contributed by atoms with E-state index in [0.717, 1.165) is 50.6 Å². The number of halogens is 1. The fraction of sp³-hybridized carbons (Fsp3) is 0.138. The first-order chi connectivity index (χ1) is 16.2. The molecule has 1 aliphatic carbocycles. The van der Waals surface area contributed by atoms with Crippen LogP contribution in [-0.4, -0.2) is 5.78 Å². The molecule has 0 aromatic heterocycles. The Morgan fingerprint density at radius 2 is 1.42 bits per heavy atom. The Bertz CT molecular complexity index is 1420. The second kappa shape index (κ2) is 8.09. The van der Waals surface area contributed by atoms with Crippen molar-refractivity contribution in [3.63, 3.8) is 0 Å². The molecule has 2 atom stereocenters. The molecule has 0 amide bonds. The molecule has 2 unspecified atom stereocenters. The normalized spacial score (nSPS) is 19.8. The average molecular weight is 451 g/mol. The number of benzene rings is 4. The van der Waals surface area contributed by atoms with Crippen LogP contribution in [0.2, 0.25) is 5.02 Å². The van der Waals surface area contributed by atoms with Gasteiger partial charge in [0.1, 0.15) is 0 Å². The predicted octanol–water partition coefficient (Wildman–Crippen LogP) is 7.47. The zero-order valence-corrected chi connectivity index (χ0v) is 18.8. The molecule has 4 heteroatoms. The minimum absolute atomic E-state index is 0.0517.